The number of nitrogens with zero attached hydrogens (tertiary/aromatic N) is 4. The van der Waals surface area contributed by atoms with Crippen molar-refractivity contribution in [1.82, 2.24) is 19.9 Å². The van der Waals surface area contributed by atoms with Gasteiger partial charge < -0.3 is 0 Å². The zero-order valence-electron chi connectivity index (χ0n) is 11.4. The molecular weight excluding hydrogens is 324 g/mol. The second kappa shape index (κ2) is 6.01. The molecule has 7 heteroatoms. The number of thiazole rings is 2. The summed E-state index contributed by atoms with van der Waals surface area (Å²) in [5.41, 5.74) is 1.93. The molecule has 0 fully saturated rings. The Bertz CT molecular complexity index is 867. The molecule has 0 bridgehead atoms. The van der Waals surface area contributed by atoms with Crippen molar-refractivity contribution in [3.8, 4) is 0 Å². The molecule has 0 spiro atoms. The summed E-state index contributed by atoms with van der Waals surface area (Å²) in [5, 5.41) is 2.63. The van der Waals surface area contributed by atoms with Crippen LogP contribution in [0.4, 0.5) is 0 Å². The average molecular weight is 335 g/mol. The predicted molar refractivity (Wildman–Crippen MR) is 89.3 cm³/mol. The highest BCUT2D eigenvalue weighted by atomic mass is 35.5. The van der Waals surface area contributed by atoms with Gasteiger partial charge in [0.2, 0.25) is 0 Å². The fourth-order valence-corrected chi connectivity index (χ4v) is 3.52. The molecule has 0 radical (unpaired) electrons. The van der Waals surface area contributed by atoms with Crippen molar-refractivity contribution in [2.24, 2.45) is 0 Å². The molecular formula is C14H11ClN4S2. The predicted octanol–water partition coefficient (Wildman–Crippen LogP) is 4.65. The van der Waals surface area contributed by atoms with Crippen LogP contribution in [-0.4, -0.2) is 19.9 Å². The Balaban J connectivity index is 0.000000126. The van der Waals surface area contributed by atoms with Gasteiger partial charge in [0.25, 0.3) is 0 Å². The quantitative estimate of drug-likeness (QED) is 0.439. The number of pyridine rings is 2. The highest BCUT2D eigenvalue weighted by Gasteiger charge is 2.00. The molecule has 4 aromatic heterocycles. The van der Waals surface area contributed by atoms with Crippen LogP contribution in [0.2, 0.25) is 5.15 Å². The monoisotopic (exact) mass is 334 g/mol. The van der Waals surface area contributed by atoms with Gasteiger partial charge in [-0.15, -0.1) is 0 Å². The number of fused-ring (bicyclic) bond motifs is 2. The number of hydrogen-bond acceptors (Lipinski definition) is 6. The van der Waals surface area contributed by atoms with Crippen molar-refractivity contribution in [2.75, 3.05) is 0 Å². The topological polar surface area (TPSA) is 51.6 Å². The minimum atomic E-state index is 0.529. The lowest BCUT2D eigenvalue weighted by molar-refractivity contribution is 1.33. The summed E-state index contributed by atoms with van der Waals surface area (Å²) < 4.78 is 0. The molecule has 4 rings (SSSR count). The summed E-state index contributed by atoms with van der Waals surface area (Å²) >= 11 is 8.89. The van der Waals surface area contributed by atoms with Crippen LogP contribution >= 0.6 is 34.3 Å². The van der Waals surface area contributed by atoms with Crippen LogP contribution in [0.5, 0.6) is 0 Å². The average Bonchev–Trinajstić information content (AvgIpc) is 2.99. The lowest BCUT2D eigenvalue weighted by Crippen LogP contribution is -1.73. The van der Waals surface area contributed by atoms with Crippen molar-refractivity contribution in [3.05, 3.63) is 45.6 Å². The van der Waals surface area contributed by atoms with Gasteiger partial charge in [0.1, 0.15) is 25.8 Å². The van der Waals surface area contributed by atoms with Gasteiger partial charge in [-0.2, -0.15) is 0 Å². The van der Waals surface area contributed by atoms with E-state index in [9.17, 15) is 0 Å². The largest absolute Gasteiger partial charge is 0.244 e. The molecule has 0 unspecified atom stereocenters. The summed E-state index contributed by atoms with van der Waals surface area (Å²) in [6, 6.07) is 7.52. The van der Waals surface area contributed by atoms with E-state index >= 15 is 0 Å². The second-order valence-corrected chi connectivity index (χ2v) is 7.00. The first-order chi connectivity index (χ1) is 10.1. The van der Waals surface area contributed by atoms with Crippen LogP contribution in [0.1, 0.15) is 10.0 Å². The van der Waals surface area contributed by atoms with Crippen LogP contribution in [0, 0.1) is 13.8 Å². The first-order valence-electron chi connectivity index (χ1n) is 6.19. The summed E-state index contributed by atoms with van der Waals surface area (Å²) in [6.45, 7) is 3.95. The second-order valence-electron chi connectivity index (χ2n) is 4.25. The molecule has 106 valence electrons. The van der Waals surface area contributed by atoms with Crippen molar-refractivity contribution < 1.29 is 0 Å². The number of rotatable bonds is 0. The Labute approximate surface area is 134 Å². The molecule has 0 saturated heterocycles. The fourth-order valence-electron chi connectivity index (χ4n) is 1.78. The molecule has 0 aromatic carbocycles. The van der Waals surface area contributed by atoms with E-state index in [1.54, 1.807) is 34.9 Å². The molecule has 0 N–H and O–H groups in total. The van der Waals surface area contributed by atoms with E-state index in [0.717, 1.165) is 30.7 Å². The highest BCUT2D eigenvalue weighted by molar-refractivity contribution is 7.18. The third kappa shape index (κ3) is 3.34. The summed E-state index contributed by atoms with van der Waals surface area (Å²) in [7, 11) is 0. The molecule has 21 heavy (non-hydrogen) atoms. The van der Waals surface area contributed by atoms with Gasteiger partial charge in [-0.25, -0.2) is 19.9 Å². The van der Waals surface area contributed by atoms with Crippen LogP contribution < -0.4 is 0 Å². The number of aryl methyl sites for hydroxylation is 2. The molecule has 0 aliphatic carbocycles. The first kappa shape index (κ1) is 14.3. The SMILES string of the molecule is Cc1nc2ccc(Cl)nc2s1.Cc1nc2cccnc2s1. The summed E-state index contributed by atoms with van der Waals surface area (Å²) in [4.78, 5) is 18.7. The molecule has 0 aliphatic rings. The molecule has 0 aliphatic heterocycles. The Kier molecular flexibility index (Phi) is 4.10. The van der Waals surface area contributed by atoms with E-state index in [1.807, 2.05) is 32.0 Å². The molecule has 4 heterocycles. The van der Waals surface area contributed by atoms with Crippen LogP contribution in [-0.2, 0) is 0 Å². The standard InChI is InChI=1S/C7H5ClN2S.C7H6N2S/c1-4-9-5-2-3-6(8)10-7(5)11-4;1-5-9-6-3-2-4-8-7(6)10-5/h2-3H,1H3;2-4H,1H3. The maximum absolute atomic E-state index is 5.70. The lowest BCUT2D eigenvalue weighted by Gasteiger charge is -1.85. The third-order valence-electron chi connectivity index (χ3n) is 2.60. The summed E-state index contributed by atoms with van der Waals surface area (Å²) in [6.07, 6.45) is 1.79. The lowest BCUT2D eigenvalue weighted by atomic mass is 10.5. The maximum atomic E-state index is 5.70. The van der Waals surface area contributed by atoms with E-state index < -0.39 is 0 Å². The van der Waals surface area contributed by atoms with Crippen molar-refractivity contribution in [3.63, 3.8) is 0 Å². The van der Waals surface area contributed by atoms with E-state index in [-0.39, 0.29) is 0 Å². The van der Waals surface area contributed by atoms with Crippen LogP contribution in [0.25, 0.3) is 20.7 Å². The van der Waals surface area contributed by atoms with Gasteiger partial charge in [0.05, 0.1) is 10.0 Å². The number of hydrogen-bond donors (Lipinski definition) is 0. The third-order valence-corrected chi connectivity index (χ3v) is 4.59. The zero-order chi connectivity index (χ0) is 14.8. The van der Waals surface area contributed by atoms with Gasteiger partial charge in [-0.05, 0) is 38.1 Å². The van der Waals surface area contributed by atoms with Gasteiger partial charge >= 0.3 is 0 Å². The first-order valence-corrected chi connectivity index (χ1v) is 8.21. The minimum absolute atomic E-state index is 0.529. The van der Waals surface area contributed by atoms with Gasteiger partial charge in [0, 0.05) is 6.20 Å². The van der Waals surface area contributed by atoms with Crippen LogP contribution in [0.3, 0.4) is 0 Å². The van der Waals surface area contributed by atoms with Crippen molar-refractivity contribution in [2.45, 2.75) is 13.8 Å². The smallest absolute Gasteiger partial charge is 0.145 e. The number of aromatic nitrogens is 4. The van der Waals surface area contributed by atoms with Gasteiger partial charge in [0.15, 0.2) is 0 Å². The zero-order valence-corrected chi connectivity index (χ0v) is 13.8. The Hall–Kier alpha value is -1.63. The Morgan fingerprint density at radius 3 is 2.24 bits per heavy atom. The molecule has 0 atom stereocenters. The van der Waals surface area contributed by atoms with Crippen LogP contribution in [0.15, 0.2) is 30.5 Å². The van der Waals surface area contributed by atoms with E-state index in [1.165, 1.54) is 0 Å². The molecule has 0 amide bonds. The van der Waals surface area contributed by atoms with E-state index in [0.29, 0.717) is 5.15 Å². The van der Waals surface area contributed by atoms with E-state index in [2.05, 4.69) is 19.9 Å². The van der Waals surface area contributed by atoms with Crippen molar-refractivity contribution in [1.29, 1.82) is 0 Å². The van der Waals surface area contributed by atoms with Gasteiger partial charge in [-0.3, -0.25) is 0 Å². The molecule has 4 nitrogen and oxygen atoms in total. The minimum Gasteiger partial charge on any atom is -0.244 e. The maximum Gasteiger partial charge on any atom is 0.145 e. The normalized spacial score (nSPS) is 10.6. The molecule has 4 aromatic rings. The highest BCUT2D eigenvalue weighted by Crippen LogP contribution is 2.20. The molecule has 0 saturated carbocycles. The summed E-state index contributed by atoms with van der Waals surface area (Å²) in [5.74, 6) is 0. The van der Waals surface area contributed by atoms with Crippen molar-refractivity contribution >= 4 is 55.0 Å². The Morgan fingerprint density at radius 1 is 0.857 bits per heavy atom. The Morgan fingerprint density at radius 2 is 1.52 bits per heavy atom. The fraction of sp³-hybridized carbons (Fsp3) is 0.143. The van der Waals surface area contributed by atoms with Gasteiger partial charge in [-0.1, -0.05) is 34.3 Å². The number of halogens is 1. The van der Waals surface area contributed by atoms with E-state index in [4.69, 9.17) is 11.6 Å².